The number of nitrogens with zero attached hydrogens (tertiary/aromatic N) is 4. The molecule has 0 unspecified atom stereocenters. The predicted molar refractivity (Wildman–Crippen MR) is 140 cm³/mol. The predicted octanol–water partition coefficient (Wildman–Crippen LogP) is 3.54. The first-order chi connectivity index (χ1) is 18.1. The van der Waals surface area contributed by atoms with E-state index >= 15 is 0 Å². The van der Waals surface area contributed by atoms with Crippen LogP contribution >= 0.6 is 0 Å². The summed E-state index contributed by atoms with van der Waals surface area (Å²) in [6.07, 6.45) is 3.55. The van der Waals surface area contributed by atoms with E-state index in [9.17, 15) is 4.79 Å². The van der Waals surface area contributed by atoms with Gasteiger partial charge in [-0.05, 0) is 60.9 Å². The fourth-order valence-corrected chi connectivity index (χ4v) is 5.35. The Kier molecular flexibility index (Phi) is 6.13. The van der Waals surface area contributed by atoms with E-state index in [4.69, 9.17) is 9.47 Å². The Hall–Kier alpha value is -4.11. The van der Waals surface area contributed by atoms with Gasteiger partial charge in [0.1, 0.15) is 17.2 Å². The fourth-order valence-electron chi connectivity index (χ4n) is 5.35. The van der Waals surface area contributed by atoms with Crippen molar-refractivity contribution < 1.29 is 14.3 Å². The average Bonchev–Trinajstić information content (AvgIpc) is 3.60. The lowest BCUT2D eigenvalue weighted by molar-refractivity contribution is 0.0621. The Morgan fingerprint density at radius 2 is 1.70 bits per heavy atom. The van der Waals surface area contributed by atoms with E-state index in [1.54, 1.807) is 14.2 Å². The maximum absolute atomic E-state index is 13.5. The third-order valence-electron chi connectivity index (χ3n) is 7.44. The third kappa shape index (κ3) is 4.35. The number of aromatic nitrogens is 4. The number of carbonyl (C=O) groups is 1. The fraction of sp³-hybridized carbons (Fsp3) is 0.321. The summed E-state index contributed by atoms with van der Waals surface area (Å²) in [5, 5.41) is 15.0. The number of hydrogen-bond donors (Lipinski definition) is 2. The molecule has 1 aliphatic heterocycles. The highest BCUT2D eigenvalue weighted by atomic mass is 16.5. The number of hydrogen-bond acceptors (Lipinski definition) is 6. The van der Waals surface area contributed by atoms with E-state index in [2.05, 4.69) is 31.4 Å². The van der Waals surface area contributed by atoms with Crippen LogP contribution in [0.4, 0.5) is 0 Å². The molecule has 0 bridgehead atoms. The van der Waals surface area contributed by atoms with Crippen molar-refractivity contribution in [1.82, 2.24) is 30.2 Å². The van der Waals surface area contributed by atoms with Gasteiger partial charge in [0.25, 0.3) is 5.91 Å². The third-order valence-corrected chi connectivity index (χ3v) is 7.44. The van der Waals surface area contributed by atoms with Crippen molar-refractivity contribution in [1.29, 1.82) is 0 Å². The van der Waals surface area contributed by atoms with Crippen LogP contribution in [0.15, 0.2) is 48.7 Å². The standard InChI is InChI=1S/C28H30N6O3/c1-36-21-6-3-18(4-7-21)25-20(16-29-30-25)17-33-11-13-34(14-12-33)28(35)27-24-9-5-19-15-22(37-2)8-10-23(19)26(24)31-32-27/h3-4,6-8,10,15-16H,5,9,11-14,17H2,1-2H3,(H,29,30)(H,31,32). The monoisotopic (exact) mass is 498 g/mol. The molecule has 190 valence electrons. The average molecular weight is 499 g/mol. The molecule has 0 radical (unpaired) electrons. The number of aromatic amines is 2. The number of piperazine rings is 1. The van der Waals surface area contributed by atoms with Crippen LogP contribution in [0, 0.1) is 0 Å². The zero-order valence-corrected chi connectivity index (χ0v) is 21.1. The van der Waals surface area contributed by atoms with Crippen molar-refractivity contribution >= 4 is 5.91 Å². The number of ether oxygens (including phenoxy) is 2. The molecule has 37 heavy (non-hydrogen) atoms. The van der Waals surface area contributed by atoms with Crippen molar-refractivity contribution in [2.45, 2.75) is 19.4 Å². The van der Waals surface area contributed by atoms with Crippen molar-refractivity contribution in [3.8, 4) is 34.0 Å². The molecule has 0 spiro atoms. The minimum atomic E-state index is 0.0348. The van der Waals surface area contributed by atoms with Gasteiger partial charge in [-0.15, -0.1) is 0 Å². The minimum absolute atomic E-state index is 0.0348. The van der Waals surface area contributed by atoms with Gasteiger partial charge in [-0.25, -0.2) is 0 Å². The molecule has 1 aliphatic carbocycles. The summed E-state index contributed by atoms with van der Waals surface area (Å²) in [6, 6.07) is 14.0. The highest BCUT2D eigenvalue weighted by molar-refractivity contribution is 5.96. The van der Waals surface area contributed by atoms with Gasteiger partial charge in [0.2, 0.25) is 0 Å². The van der Waals surface area contributed by atoms with Crippen LogP contribution in [-0.4, -0.2) is 76.5 Å². The molecule has 0 atom stereocenters. The highest BCUT2D eigenvalue weighted by Gasteiger charge is 2.30. The maximum atomic E-state index is 13.5. The van der Waals surface area contributed by atoms with E-state index in [0.29, 0.717) is 18.8 Å². The van der Waals surface area contributed by atoms with Crippen LogP contribution in [0.3, 0.4) is 0 Å². The van der Waals surface area contributed by atoms with Gasteiger partial charge in [0, 0.05) is 55.0 Å². The Bertz CT molecular complexity index is 1420. The van der Waals surface area contributed by atoms with E-state index in [-0.39, 0.29) is 5.91 Å². The summed E-state index contributed by atoms with van der Waals surface area (Å²) in [7, 11) is 3.34. The zero-order chi connectivity index (χ0) is 25.4. The first kappa shape index (κ1) is 23.3. The van der Waals surface area contributed by atoms with Crippen molar-refractivity contribution in [3.63, 3.8) is 0 Å². The lowest BCUT2D eigenvalue weighted by Crippen LogP contribution is -2.48. The maximum Gasteiger partial charge on any atom is 0.272 e. The molecule has 2 aromatic heterocycles. The molecule has 1 amide bonds. The van der Waals surface area contributed by atoms with Crippen LogP contribution in [0.2, 0.25) is 0 Å². The second-order valence-corrected chi connectivity index (χ2v) is 9.52. The number of rotatable bonds is 6. The number of methoxy groups -OCH3 is 2. The van der Waals surface area contributed by atoms with Crippen LogP contribution in [0.5, 0.6) is 11.5 Å². The summed E-state index contributed by atoms with van der Waals surface area (Å²) < 4.78 is 10.6. The lowest BCUT2D eigenvalue weighted by atomic mass is 9.88. The lowest BCUT2D eigenvalue weighted by Gasteiger charge is -2.34. The summed E-state index contributed by atoms with van der Waals surface area (Å²) in [5.74, 6) is 1.71. The van der Waals surface area contributed by atoms with Gasteiger partial charge in [0.15, 0.2) is 0 Å². The van der Waals surface area contributed by atoms with Crippen LogP contribution < -0.4 is 9.47 Å². The van der Waals surface area contributed by atoms with Gasteiger partial charge in [-0.1, -0.05) is 0 Å². The molecule has 9 nitrogen and oxygen atoms in total. The van der Waals surface area contributed by atoms with Crippen LogP contribution in [-0.2, 0) is 19.4 Å². The van der Waals surface area contributed by atoms with Crippen LogP contribution in [0.25, 0.3) is 22.5 Å². The molecule has 1 fully saturated rings. The minimum Gasteiger partial charge on any atom is -0.497 e. The number of fused-ring (bicyclic) bond motifs is 3. The topological polar surface area (TPSA) is 99.4 Å². The smallest absolute Gasteiger partial charge is 0.272 e. The molecule has 6 rings (SSSR count). The Morgan fingerprint density at radius 1 is 0.946 bits per heavy atom. The second-order valence-electron chi connectivity index (χ2n) is 9.52. The van der Waals surface area contributed by atoms with Gasteiger partial charge in [-0.3, -0.25) is 19.9 Å². The Labute approximate surface area is 215 Å². The number of amides is 1. The van der Waals surface area contributed by atoms with Gasteiger partial charge in [0.05, 0.1) is 31.8 Å². The molecule has 4 aromatic rings. The van der Waals surface area contributed by atoms with Crippen molar-refractivity contribution in [2.24, 2.45) is 0 Å². The molecule has 1 saturated heterocycles. The quantitative estimate of drug-likeness (QED) is 0.422. The van der Waals surface area contributed by atoms with Gasteiger partial charge in [-0.2, -0.15) is 10.2 Å². The number of benzene rings is 2. The van der Waals surface area contributed by atoms with Crippen molar-refractivity contribution in [2.75, 3.05) is 40.4 Å². The second kappa shape index (κ2) is 9.74. The molecule has 2 N–H and O–H groups in total. The SMILES string of the molecule is COc1ccc(-c2[nH]ncc2CN2CCN(C(=O)c3[nH]nc4c3CCc3cc(OC)ccc3-4)CC2)cc1. The van der Waals surface area contributed by atoms with Crippen LogP contribution in [0.1, 0.15) is 27.2 Å². The first-order valence-corrected chi connectivity index (χ1v) is 12.6. The molecule has 3 heterocycles. The normalized spacial score (nSPS) is 15.2. The van der Waals surface area contributed by atoms with E-state index in [1.807, 2.05) is 47.5 Å². The van der Waals surface area contributed by atoms with E-state index < -0.39 is 0 Å². The Morgan fingerprint density at radius 3 is 2.46 bits per heavy atom. The van der Waals surface area contributed by atoms with Gasteiger partial charge < -0.3 is 14.4 Å². The molecule has 2 aromatic carbocycles. The van der Waals surface area contributed by atoms with Crippen molar-refractivity contribution in [3.05, 3.63) is 71.0 Å². The number of carbonyl (C=O) groups excluding carboxylic acids is 1. The van der Waals surface area contributed by atoms with E-state index in [0.717, 1.165) is 77.6 Å². The Balaban J connectivity index is 1.11. The number of nitrogens with one attached hydrogen (secondary N) is 2. The number of aryl methyl sites for hydroxylation is 1. The zero-order valence-electron chi connectivity index (χ0n) is 21.1. The molecule has 0 saturated carbocycles. The summed E-state index contributed by atoms with van der Waals surface area (Å²) in [4.78, 5) is 17.8. The number of H-pyrrole nitrogens is 2. The highest BCUT2D eigenvalue weighted by Crippen LogP contribution is 2.36. The molecular formula is C28H30N6O3. The summed E-state index contributed by atoms with van der Waals surface area (Å²) in [6.45, 7) is 3.74. The van der Waals surface area contributed by atoms with Gasteiger partial charge >= 0.3 is 0 Å². The summed E-state index contributed by atoms with van der Waals surface area (Å²) in [5.41, 5.74) is 8.05. The molecular weight excluding hydrogens is 468 g/mol. The first-order valence-electron chi connectivity index (χ1n) is 12.6. The summed E-state index contributed by atoms with van der Waals surface area (Å²) >= 11 is 0. The largest absolute Gasteiger partial charge is 0.497 e. The molecule has 9 heteroatoms. The molecule has 2 aliphatic rings. The van der Waals surface area contributed by atoms with E-state index in [1.165, 1.54) is 5.56 Å².